The Hall–Kier alpha value is -2.22. The van der Waals surface area contributed by atoms with Gasteiger partial charge in [-0.15, -0.1) is 0 Å². The monoisotopic (exact) mass is 393 g/mol. The Morgan fingerprint density at radius 3 is 2.46 bits per heavy atom. The molecule has 28 heavy (non-hydrogen) atoms. The van der Waals surface area contributed by atoms with Gasteiger partial charge in [0.2, 0.25) is 11.8 Å². The summed E-state index contributed by atoms with van der Waals surface area (Å²) in [5.41, 5.74) is 0.517. The zero-order chi connectivity index (χ0) is 19.9. The highest BCUT2D eigenvalue weighted by Crippen LogP contribution is 2.41. The minimum absolute atomic E-state index is 0.00737. The van der Waals surface area contributed by atoms with Crippen LogP contribution in [0.25, 0.3) is 0 Å². The number of hydrogen-bond acceptors (Lipinski definition) is 4. The predicted octanol–water partition coefficient (Wildman–Crippen LogP) is 1.69. The highest BCUT2D eigenvalue weighted by molar-refractivity contribution is 5.86. The Balaban J connectivity index is 1.47. The van der Waals surface area contributed by atoms with Crippen LogP contribution in [0, 0.1) is 17.0 Å². The molecule has 152 valence electrons. The smallest absolute Gasteiger partial charge is 0.227 e. The van der Waals surface area contributed by atoms with Crippen LogP contribution >= 0.6 is 0 Å². The number of hydrogen-bond donors (Lipinski definition) is 2. The maximum absolute atomic E-state index is 14.8. The van der Waals surface area contributed by atoms with Gasteiger partial charge in [0.15, 0.2) is 0 Å². The number of benzene rings is 1. The second-order valence-corrected chi connectivity index (χ2v) is 8.24. The number of anilines is 1. The standard InChI is InChI=1S/C20H25F2N3O3/c1-12(26)23-9-14-8-15(19(27)24-14)13-6-16(21)18(17(22)7-13)25-4-2-20(3-5-25)10-28-11-20/h6-7,14-15H,2-5,8-11H2,1H3,(H,23,26)(H,24,27)/t14?,15-/m0/s1. The van der Waals surface area contributed by atoms with Crippen molar-refractivity contribution in [2.24, 2.45) is 5.41 Å². The molecule has 4 rings (SSSR count). The summed E-state index contributed by atoms with van der Waals surface area (Å²) < 4.78 is 34.9. The molecule has 1 aromatic carbocycles. The molecule has 6 nitrogen and oxygen atoms in total. The van der Waals surface area contributed by atoms with Crippen LogP contribution in [0.1, 0.15) is 37.7 Å². The maximum atomic E-state index is 14.8. The van der Waals surface area contributed by atoms with Crippen LogP contribution in [-0.2, 0) is 14.3 Å². The van der Waals surface area contributed by atoms with Gasteiger partial charge in [0.1, 0.15) is 17.3 Å². The summed E-state index contributed by atoms with van der Waals surface area (Å²) in [6.45, 7) is 4.37. The molecule has 0 radical (unpaired) electrons. The Labute approximate surface area is 162 Å². The van der Waals surface area contributed by atoms with Crippen molar-refractivity contribution in [1.29, 1.82) is 0 Å². The van der Waals surface area contributed by atoms with E-state index in [1.54, 1.807) is 4.90 Å². The van der Waals surface area contributed by atoms with E-state index in [-0.39, 0.29) is 29.0 Å². The van der Waals surface area contributed by atoms with Crippen molar-refractivity contribution in [3.8, 4) is 0 Å². The second kappa shape index (κ2) is 7.31. The Bertz CT molecular complexity index is 764. The number of amides is 2. The van der Waals surface area contributed by atoms with Crippen LogP contribution in [0.15, 0.2) is 12.1 Å². The lowest BCUT2D eigenvalue weighted by molar-refractivity contribution is -0.124. The van der Waals surface area contributed by atoms with Crippen LogP contribution in [0.3, 0.4) is 0 Å². The molecular weight excluding hydrogens is 368 g/mol. The second-order valence-electron chi connectivity index (χ2n) is 8.24. The van der Waals surface area contributed by atoms with Gasteiger partial charge in [-0.05, 0) is 37.0 Å². The molecule has 2 N–H and O–H groups in total. The van der Waals surface area contributed by atoms with Gasteiger partial charge in [0.25, 0.3) is 0 Å². The Morgan fingerprint density at radius 2 is 1.93 bits per heavy atom. The molecular formula is C20H25F2N3O3. The third kappa shape index (κ3) is 3.57. The molecule has 0 saturated carbocycles. The van der Waals surface area contributed by atoms with E-state index in [2.05, 4.69) is 10.6 Å². The molecule has 2 amide bonds. The molecule has 3 aliphatic heterocycles. The van der Waals surface area contributed by atoms with E-state index in [0.29, 0.717) is 31.6 Å². The molecule has 1 unspecified atom stereocenters. The molecule has 0 aliphatic carbocycles. The summed E-state index contributed by atoms with van der Waals surface area (Å²) in [4.78, 5) is 25.1. The number of piperidine rings is 1. The summed E-state index contributed by atoms with van der Waals surface area (Å²) in [7, 11) is 0. The summed E-state index contributed by atoms with van der Waals surface area (Å²) >= 11 is 0. The first-order valence-corrected chi connectivity index (χ1v) is 9.73. The average molecular weight is 393 g/mol. The summed E-state index contributed by atoms with van der Waals surface area (Å²) in [5.74, 6) is -2.33. The van der Waals surface area contributed by atoms with Gasteiger partial charge in [-0.25, -0.2) is 8.78 Å². The zero-order valence-corrected chi connectivity index (χ0v) is 15.9. The number of carbonyl (C=O) groups is 2. The van der Waals surface area contributed by atoms with Crippen LogP contribution in [-0.4, -0.2) is 50.7 Å². The highest BCUT2D eigenvalue weighted by Gasteiger charge is 2.42. The third-order valence-corrected chi connectivity index (χ3v) is 6.18. The summed E-state index contributed by atoms with van der Waals surface area (Å²) in [5, 5.41) is 5.43. The van der Waals surface area contributed by atoms with Crippen molar-refractivity contribution in [3.63, 3.8) is 0 Å². The first-order valence-electron chi connectivity index (χ1n) is 9.73. The van der Waals surface area contributed by atoms with Crippen LogP contribution in [0.2, 0.25) is 0 Å². The van der Waals surface area contributed by atoms with E-state index in [1.807, 2.05) is 0 Å². The number of rotatable bonds is 4. The number of nitrogens with one attached hydrogen (secondary N) is 2. The number of halogens is 2. The van der Waals surface area contributed by atoms with E-state index < -0.39 is 17.6 Å². The van der Waals surface area contributed by atoms with E-state index in [0.717, 1.165) is 26.1 Å². The number of ether oxygens (including phenoxy) is 1. The van der Waals surface area contributed by atoms with Gasteiger partial charge >= 0.3 is 0 Å². The molecule has 3 saturated heterocycles. The minimum atomic E-state index is -0.631. The zero-order valence-electron chi connectivity index (χ0n) is 15.9. The van der Waals surface area contributed by atoms with Crippen molar-refractivity contribution >= 4 is 17.5 Å². The molecule has 0 bridgehead atoms. The van der Waals surface area contributed by atoms with Crippen molar-refractivity contribution in [2.75, 3.05) is 37.7 Å². The van der Waals surface area contributed by atoms with Gasteiger partial charge in [-0.3, -0.25) is 9.59 Å². The topological polar surface area (TPSA) is 70.7 Å². The molecule has 2 atom stereocenters. The molecule has 0 aromatic heterocycles. The predicted molar refractivity (Wildman–Crippen MR) is 99.0 cm³/mol. The first kappa shape index (κ1) is 19.1. The van der Waals surface area contributed by atoms with Gasteiger partial charge in [0.05, 0.1) is 19.1 Å². The fraction of sp³-hybridized carbons (Fsp3) is 0.600. The van der Waals surface area contributed by atoms with Gasteiger partial charge in [-0.2, -0.15) is 0 Å². The normalized spacial score (nSPS) is 26.1. The lowest BCUT2D eigenvalue weighted by atomic mass is 9.76. The SMILES string of the molecule is CC(=O)NCC1C[C@@H](c2cc(F)c(N3CCC4(CC3)COC4)c(F)c2)C(=O)N1. The quantitative estimate of drug-likeness (QED) is 0.817. The Morgan fingerprint density at radius 1 is 1.29 bits per heavy atom. The van der Waals surface area contributed by atoms with E-state index in [9.17, 15) is 18.4 Å². The van der Waals surface area contributed by atoms with E-state index in [4.69, 9.17) is 4.74 Å². The molecule has 3 heterocycles. The van der Waals surface area contributed by atoms with Gasteiger partial charge in [-0.1, -0.05) is 0 Å². The minimum Gasteiger partial charge on any atom is -0.380 e. The van der Waals surface area contributed by atoms with Gasteiger partial charge in [0, 0.05) is 38.0 Å². The van der Waals surface area contributed by atoms with Crippen molar-refractivity contribution in [2.45, 2.75) is 38.1 Å². The third-order valence-electron chi connectivity index (χ3n) is 6.18. The fourth-order valence-electron chi connectivity index (χ4n) is 4.41. The number of carbonyl (C=O) groups excluding carboxylic acids is 2. The molecule has 3 aliphatic rings. The lowest BCUT2D eigenvalue weighted by Gasteiger charge is -2.47. The van der Waals surface area contributed by atoms with Crippen LogP contribution in [0.5, 0.6) is 0 Å². The highest BCUT2D eigenvalue weighted by atomic mass is 19.1. The number of nitrogens with zero attached hydrogens (tertiary/aromatic N) is 1. The van der Waals surface area contributed by atoms with Crippen molar-refractivity contribution < 1.29 is 23.1 Å². The van der Waals surface area contributed by atoms with Crippen LogP contribution < -0.4 is 15.5 Å². The van der Waals surface area contributed by atoms with Gasteiger partial charge < -0.3 is 20.3 Å². The summed E-state index contributed by atoms with van der Waals surface area (Å²) in [6.07, 6.45) is 2.12. The van der Waals surface area contributed by atoms with E-state index in [1.165, 1.54) is 19.1 Å². The first-order chi connectivity index (χ1) is 13.4. The molecule has 3 fully saturated rings. The molecule has 8 heteroatoms. The molecule has 1 spiro atoms. The lowest BCUT2D eigenvalue weighted by Crippen LogP contribution is -2.51. The molecule has 1 aromatic rings. The average Bonchev–Trinajstić information content (AvgIpc) is 2.99. The maximum Gasteiger partial charge on any atom is 0.227 e. The summed E-state index contributed by atoms with van der Waals surface area (Å²) in [6, 6.07) is 2.32. The van der Waals surface area contributed by atoms with Crippen LogP contribution in [0.4, 0.5) is 14.5 Å². The fourth-order valence-corrected chi connectivity index (χ4v) is 4.41. The Kier molecular flexibility index (Phi) is 4.99. The van der Waals surface area contributed by atoms with Crippen molar-refractivity contribution in [3.05, 3.63) is 29.3 Å². The largest absolute Gasteiger partial charge is 0.380 e. The van der Waals surface area contributed by atoms with Crippen molar-refractivity contribution in [1.82, 2.24) is 10.6 Å². The van der Waals surface area contributed by atoms with E-state index >= 15 is 0 Å².